The van der Waals surface area contributed by atoms with E-state index in [-0.39, 0.29) is 5.82 Å². The quantitative estimate of drug-likeness (QED) is 0.860. The average Bonchev–Trinajstić information content (AvgIpc) is 3.24. The van der Waals surface area contributed by atoms with Crippen molar-refractivity contribution in [2.24, 2.45) is 0 Å². The zero-order valence-corrected chi connectivity index (χ0v) is 12.2. The van der Waals surface area contributed by atoms with Gasteiger partial charge in [-0.3, -0.25) is 0 Å². The minimum Gasteiger partial charge on any atom is -0.310 e. The molecular weight excluding hydrogens is 273 g/mol. The van der Waals surface area contributed by atoms with Gasteiger partial charge in [0.25, 0.3) is 0 Å². The van der Waals surface area contributed by atoms with Gasteiger partial charge in [0.2, 0.25) is 0 Å². The van der Waals surface area contributed by atoms with Crippen LogP contribution in [0.1, 0.15) is 24.0 Å². The third-order valence-corrected chi connectivity index (χ3v) is 4.07. The molecule has 104 valence electrons. The normalized spacial score (nSPS) is 14.6. The summed E-state index contributed by atoms with van der Waals surface area (Å²) < 4.78 is 13.4. The number of halogens is 2. The molecule has 1 aliphatic rings. The molecule has 1 fully saturated rings. The van der Waals surface area contributed by atoms with Crippen LogP contribution in [-0.2, 0) is 6.54 Å². The molecule has 1 N–H and O–H groups in total. The molecule has 0 spiro atoms. The Hall–Kier alpha value is -1.38. The Balaban J connectivity index is 1.86. The molecule has 0 unspecified atom stereocenters. The van der Waals surface area contributed by atoms with Crippen molar-refractivity contribution in [3.8, 4) is 11.1 Å². The Morgan fingerprint density at radius 1 is 1.20 bits per heavy atom. The maximum absolute atomic E-state index is 13.4. The lowest BCUT2D eigenvalue weighted by atomic mass is 9.99. The van der Waals surface area contributed by atoms with Crippen molar-refractivity contribution in [1.82, 2.24) is 5.32 Å². The van der Waals surface area contributed by atoms with E-state index in [0.29, 0.717) is 6.04 Å². The number of nitrogens with one attached hydrogen (secondary N) is 1. The van der Waals surface area contributed by atoms with Crippen molar-refractivity contribution in [2.45, 2.75) is 32.4 Å². The summed E-state index contributed by atoms with van der Waals surface area (Å²) in [4.78, 5) is 0. The van der Waals surface area contributed by atoms with Gasteiger partial charge >= 0.3 is 0 Å². The van der Waals surface area contributed by atoms with Crippen LogP contribution >= 0.6 is 11.6 Å². The molecule has 0 aliphatic heterocycles. The summed E-state index contributed by atoms with van der Waals surface area (Å²) in [5, 5.41) is 4.18. The topological polar surface area (TPSA) is 12.0 Å². The fraction of sp³-hybridized carbons (Fsp3) is 0.294. The molecule has 0 bridgehead atoms. The Labute approximate surface area is 123 Å². The van der Waals surface area contributed by atoms with E-state index >= 15 is 0 Å². The van der Waals surface area contributed by atoms with Gasteiger partial charge in [-0.1, -0.05) is 29.8 Å². The largest absolute Gasteiger partial charge is 0.310 e. The summed E-state index contributed by atoms with van der Waals surface area (Å²) in [5.74, 6) is -0.221. The second-order valence-electron chi connectivity index (χ2n) is 5.42. The predicted octanol–water partition coefficient (Wildman–Crippen LogP) is 4.71. The van der Waals surface area contributed by atoms with Crippen LogP contribution in [-0.4, -0.2) is 6.04 Å². The van der Waals surface area contributed by atoms with Crippen LogP contribution in [0.4, 0.5) is 4.39 Å². The first-order valence-electron chi connectivity index (χ1n) is 6.92. The van der Waals surface area contributed by atoms with E-state index in [1.165, 1.54) is 18.9 Å². The molecule has 1 aliphatic carbocycles. The summed E-state index contributed by atoms with van der Waals surface area (Å²) in [5.41, 5.74) is 4.00. The molecule has 2 aromatic rings. The Kier molecular flexibility index (Phi) is 3.77. The van der Waals surface area contributed by atoms with Crippen molar-refractivity contribution < 1.29 is 4.39 Å². The van der Waals surface area contributed by atoms with Gasteiger partial charge in [-0.25, -0.2) is 4.39 Å². The maximum Gasteiger partial charge on any atom is 0.123 e. The van der Waals surface area contributed by atoms with E-state index < -0.39 is 0 Å². The molecular formula is C17H17ClFN. The molecule has 0 aromatic heterocycles. The highest BCUT2D eigenvalue weighted by atomic mass is 35.5. The molecule has 3 heteroatoms. The van der Waals surface area contributed by atoms with Crippen LogP contribution in [0, 0.1) is 12.7 Å². The van der Waals surface area contributed by atoms with Gasteiger partial charge in [0.1, 0.15) is 5.82 Å². The summed E-state index contributed by atoms with van der Waals surface area (Å²) >= 11 is 6.34. The summed E-state index contributed by atoms with van der Waals surface area (Å²) in [6.45, 7) is 2.77. The van der Waals surface area contributed by atoms with Crippen LogP contribution in [0.15, 0.2) is 36.4 Å². The Morgan fingerprint density at radius 2 is 2.00 bits per heavy atom. The van der Waals surface area contributed by atoms with Crippen molar-refractivity contribution in [1.29, 1.82) is 0 Å². The minimum atomic E-state index is -0.221. The molecule has 0 amide bonds. The lowest BCUT2D eigenvalue weighted by Crippen LogP contribution is -2.15. The zero-order chi connectivity index (χ0) is 14.1. The number of hydrogen-bond acceptors (Lipinski definition) is 1. The van der Waals surface area contributed by atoms with E-state index in [1.807, 2.05) is 25.1 Å². The first-order chi connectivity index (χ1) is 9.63. The highest BCUT2D eigenvalue weighted by Crippen LogP contribution is 2.29. The van der Waals surface area contributed by atoms with Crippen LogP contribution in [0.2, 0.25) is 5.02 Å². The predicted molar refractivity (Wildman–Crippen MR) is 81.4 cm³/mol. The first kappa shape index (κ1) is 13.6. The third-order valence-electron chi connectivity index (χ3n) is 3.72. The maximum atomic E-state index is 13.4. The van der Waals surface area contributed by atoms with E-state index in [0.717, 1.165) is 33.8 Å². The lowest BCUT2D eigenvalue weighted by molar-refractivity contribution is 0.628. The highest BCUT2D eigenvalue weighted by Gasteiger charge is 2.20. The fourth-order valence-electron chi connectivity index (χ4n) is 2.31. The van der Waals surface area contributed by atoms with Gasteiger partial charge in [0, 0.05) is 17.6 Å². The molecule has 0 radical (unpaired) electrons. The van der Waals surface area contributed by atoms with Crippen molar-refractivity contribution in [3.05, 3.63) is 58.4 Å². The van der Waals surface area contributed by atoms with Gasteiger partial charge in [-0.15, -0.1) is 0 Å². The fourth-order valence-corrected chi connectivity index (χ4v) is 2.55. The molecule has 0 heterocycles. The summed E-state index contributed by atoms with van der Waals surface area (Å²) in [7, 11) is 0. The van der Waals surface area contributed by atoms with Crippen molar-refractivity contribution in [2.75, 3.05) is 0 Å². The number of benzene rings is 2. The second kappa shape index (κ2) is 5.55. The first-order valence-corrected chi connectivity index (χ1v) is 7.29. The van der Waals surface area contributed by atoms with E-state index in [4.69, 9.17) is 11.6 Å². The minimum absolute atomic E-state index is 0.221. The third kappa shape index (κ3) is 3.02. The number of rotatable bonds is 4. The summed E-state index contributed by atoms with van der Waals surface area (Å²) in [6, 6.07) is 11.5. The van der Waals surface area contributed by atoms with Crippen molar-refractivity contribution in [3.63, 3.8) is 0 Å². The Bertz CT molecular complexity index is 635. The lowest BCUT2D eigenvalue weighted by Gasteiger charge is -2.10. The van der Waals surface area contributed by atoms with Crippen LogP contribution < -0.4 is 5.32 Å². The molecule has 1 saturated carbocycles. The van der Waals surface area contributed by atoms with Gasteiger partial charge in [-0.05, 0) is 60.2 Å². The zero-order valence-electron chi connectivity index (χ0n) is 11.4. The number of aryl methyl sites for hydroxylation is 1. The standard InChI is InChI=1S/C17H17ClFN/c1-11-2-5-14(19)9-16(11)12-3-4-13(17(18)8-12)10-20-15-6-7-15/h2-5,8-9,15,20H,6-7,10H2,1H3. The van der Waals surface area contributed by atoms with Crippen LogP contribution in [0.25, 0.3) is 11.1 Å². The SMILES string of the molecule is Cc1ccc(F)cc1-c1ccc(CNC2CC2)c(Cl)c1. The smallest absolute Gasteiger partial charge is 0.123 e. The van der Waals surface area contributed by atoms with Crippen molar-refractivity contribution >= 4 is 11.6 Å². The Morgan fingerprint density at radius 3 is 2.70 bits per heavy atom. The number of hydrogen-bond donors (Lipinski definition) is 1. The highest BCUT2D eigenvalue weighted by molar-refractivity contribution is 6.31. The van der Waals surface area contributed by atoms with Gasteiger partial charge in [0.05, 0.1) is 0 Å². The monoisotopic (exact) mass is 289 g/mol. The van der Waals surface area contributed by atoms with Gasteiger partial charge < -0.3 is 5.32 Å². The average molecular weight is 290 g/mol. The van der Waals surface area contributed by atoms with Gasteiger partial charge in [-0.2, -0.15) is 0 Å². The van der Waals surface area contributed by atoms with E-state index in [1.54, 1.807) is 12.1 Å². The molecule has 0 atom stereocenters. The molecule has 20 heavy (non-hydrogen) atoms. The van der Waals surface area contributed by atoms with E-state index in [9.17, 15) is 4.39 Å². The summed E-state index contributed by atoms with van der Waals surface area (Å²) in [6.07, 6.45) is 2.52. The van der Waals surface area contributed by atoms with Crippen LogP contribution in [0.3, 0.4) is 0 Å². The molecule has 0 saturated heterocycles. The second-order valence-corrected chi connectivity index (χ2v) is 5.83. The molecule has 1 nitrogen and oxygen atoms in total. The van der Waals surface area contributed by atoms with Gasteiger partial charge in [0.15, 0.2) is 0 Å². The van der Waals surface area contributed by atoms with E-state index in [2.05, 4.69) is 5.32 Å². The molecule has 3 rings (SSSR count). The van der Waals surface area contributed by atoms with Crippen LogP contribution in [0.5, 0.6) is 0 Å². The molecule has 2 aromatic carbocycles.